The van der Waals surface area contributed by atoms with E-state index in [4.69, 9.17) is 9.47 Å². The van der Waals surface area contributed by atoms with Crippen molar-refractivity contribution in [3.05, 3.63) is 0 Å². The van der Waals surface area contributed by atoms with Crippen LogP contribution in [0.2, 0.25) is 0 Å². The third kappa shape index (κ3) is 8.48. The van der Waals surface area contributed by atoms with Crippen LogP contribution in [0, 0.1) is 11.8 Å². The molecule has 0 aromatic heterocycles. The fourth-order valence-electron chi connectivity index (χ4n) is 2.12. The summed E-state index contributed by atoms with van der Waals surface area (Å²) in [6.45, 7) is 6.71. The van der Waals surface area contributed by atoms with E-state index < -0.39 is 48.3 Å². The summed E-state index contributed by atoms with van der Waals surface area (Å²) in [7, 11) is 0. The molecule has 0 aliphatic carbocycles. The lowest BCUT2D eigenvalue weighted by molar-refractivity contribution is -0.160. The molecule has 0 rings (SSSR count). The number of ether oxygens (including phenoxy) is 2. The van der Waals surface area contributed by atoms with Crippen LogP contribution in [0.1, 0.15) is 40.5 Å². The van der Waals surface area contributed by atoms with Crippen LogP contribution in [0.15, 0.2) is 0 Å². The molecule has 1 amide bonds. The van der Waals surface area contributed by atoms with Crippen LogP contribution in [-0.2, 0) is 28.7 Å². The van der Waals surface area contributed by atoms with Crippen molar-refractivity contribution in [3.63, 3.8) is 0 Å². The summed E-state index contributed by atoms with van der Waals surface area (Å²) in [4.78, 5) is 47.2. The zero-order valence-electron chi connectivity index (χ0n) is 15.0. The molecule has 144 valence electrons. The molecule has 0 unspecified atom stereocenters. The van der Waals surface area contributed by atoms with Crippen LogP contribution >= 0.6 is 0 Å². The second-order valence-corrected chi connectivity index (χ2v) is 5.84. The number of esters is 2. The molecule has 0 saturated carbocycles. The number of aliphatic hydroxyl groups excluding tert-OH is 1. The third-order valence-electron chi connectivity index (χ3n) is 3.24. The van der Waals surface area contributed by atoms with Crippen molar-refractivity contribution in [1.29, 1.82) is 0 Å². The standard InChI is InChI=1S/C16H27NO8/c1-5-24-12(19)8-10(16(23)25-6-2)13(15(21)22)17-14(20)11(18)7-9(3)4/h9-11,13,18H,5-8H2,1-4H3,(H,17,20)(H,21,22)/t10-,11+,13-/m0/s1. The number of amides is 1. The molecule has 0 aromatic rings. The van der Waals surface area contributed by atoms with Crippen LogP contribution in [0.4, 0.5) is 0 Å². The number of carbonyl (C=O) groups excluding carboxylic acids is 3. The third-order valence-corrected chi connectivity index (χ3v) is 3.24. The van der Waals surface area contributed by atoms with Crippen molar-refractivity contribution in [2.24, 2.45) is 11.8 Å². The van der Waals surface area contributed by atoms with E-state index in [1.807, 2.05) is 0 Å². The first-order valence-corrected chi connectivity index (χ1v) is 8.17. The number of rotatable bonds is 11. The lowest BCUT2D eigenvalue weighted by Gasteiger charge is -2.24. The second kappa shape index (κ2) is 11.4. The number of aliphatic hydroxyl groups is 1. The zero-order valence-corrected chi connectivity index (χ0v) is 15.0. The van der Waals surface area contributed by atoms with Crippen molar-refractivity contribution in [2.75, 3.05) is 13.2 Å². The lowest BCUT2D eigenvalue weighted by atomic mass is 9.95. The Morgan fingerprint density at radius 3 is 2.04 bits per heavy atom. The SMILES string of the molecule is CCOC(=O)C[C@H](C(=O)OCC)[C@H](NC(=O)[C@H](O)CC(C)C)C(=O)O. The Hall–Kier alpha value is -2.16. The topological polar surface area (TPSA) is 139 Å². The quantitative estimate of drug-likeness (QED) is 0.440. The molecule has 9 heteroatoms. The summed E-state index contributed by atoms with van der Waals surface area (Å²) in [6, 6.07) is -1.72. The van der Waals surface area contributed by atoms with Crippen molar-refractivity contribution in [1.82, 2.24) is 5.32 Å². The van der Waals surface area contributed by atoms with E-state index in [0.717, 1.165) is 0 Å². The highest BCUT2D eigenvalue weighted by atomic mass is 16.5. The van der Waals surface area contributed by atoms with Crippen molar-refractivity contribution < 1.29 is 38.9 Å². The van der Waals surface area contributed by atoms with Gasteiger partial charge in [-0.05, 0) is 26.2 Å². The van der Waals surface area contributed by atoms with Gasteiger partial charge < -0.3 is 25.0 Å². The summed E-state index contributed by atoms with van der Waals surface area (Å²) in [5.41, 5.74) is 0. The zero-order chi connectivity index (χ0) is 19.6. The summed E-state index contributed by atoms with van der Waals surface area (Å²) in [6.07, 6.45) is -1.86. The van der Waals surface area contributed by atoms with Gasteiger partial charge in [-0.15, -0.1) is 0 Å². The maximum Gasteiger partial charge on any atom is 0.327 e. The molecule has 0 saturated heterocycles. The van der Waals surface area contributed by atoms with E-state index >= 15 is 0 Å². The van der Waals surface area contributed by atoms with Gasteiger partial charge in [0.05, 0.1) is 25.6 Å². The summed E-state index contributed by atoms with van der Waals surface area (Å²) < 4.78 is 9.53. The lowest BCUT2D eigenvalue weighted by Crippen LogP contribution is -2.52. The van der Waals surface area contributed by atoms with Gasteiger partial charge in [0.2, 0.25) is 5.91 Å². The smallest absolute Gasteiger partial charge is 0.327 e. The maximum atomic E-state index is 12.1. The number of hydrogen-bond acceptors (Lipinski definition) is 7. The average Bonchev–Trinajstić information content (AvgIpc) is 2.49. The molecule has 0 spiro atoms. The van der Waals surface area contributed by atoms with Gasteiger partial charge in [0.1, 0.15) is 12.1 Å². The van der Waals surface area contributed by atoms with E-state index in [9.17, 15) is 29.4 Å². The molecule has 0 bridgehead atoms. The first-order chi connectivity index (χ1) is 11.6. The predicted molar refractivity (Wildman–Crippen MR) is 86.4 cm³/mol. The highest BCUT2D eigenvalue weighted by Crippen LogP contribution is 2.15. The maximum absolute atomic E-state index is 12.1. The van der Waals surface area contributed by atoms with E-state index in [2.05, 4.69) is 5.32 Å². The molecular formula is C16H27NO8. The molecule has 3 N–H and O–H groups in total. The Labute approximate surface area is 146 Å². The van der Waals surface area contributed by atoms with Crippen LogP contribution < -0.4 is 5.32 Å². The Kier molecular flexibility index (Phi) is 10.4. The fraction of sp³-hybridized carbons (Fsp3) is 0.750. The van der Waals surface area contributed by atoms with Crippen molar-refractivity contribution in [2.45, 2.75) is 52.7 Å². The Balaban J connectivity index is 5.32. The number of carbonyl (C=O) groups is 4. The largest absolute Gasteiger partial charge is 0.480 e. The molecule has 0 aromatic carbocycles. The first kappa shape index (κ1) is 22.8. The second-order valence-electron chi connectivity index (χ2n) is 5.84. The van der Waals surface area contributed by atoms with E-state index in [1.54, 1.807) is 20.8 Å². The van der Waals surface area contributed by atoms with Crippen molar-refractivity contribution >= 4 is 23.8 Å². The monoisotopic (exact) mass is 361 g/mol. The van der Waals surface area contributed by atoms with Gasteiger partial charge in [0, 0.05) is 0 Å². The number of aliphatic carboxylic acids is 1. The normalized spacial score (nSPS) is 14.3. The molecule has 9 nitrogen and oxygen atoms in total. The highest BCUT2D eigenvalue weighted by molar-refractivity contribution is 5.91. The number of carboxylic acids is 1. The molecule has 3 atom stereocenters. The van der Waals surface area contributed by atoms with Crippen LogP contribution in [0.5, 0.6) is 0 Å². The average molecular weight is 361 g/mol. The van der Waals surface area contributed by atoms with Crippen molar-refractivity contribution in [3.8, 4) is 0 Å². The van der Waals surface area contributed by atoms with E-state index in [1.165, 1.54) is 6.92 Å². The number of carboxylic acid groups (broad SMARTS) is 1. The Bertz CT molecular complexity index is 477. The molecule has 0 heterocycles. The Morgan fingerprint density at radius 2 is 1.60 bits per heavy atom. The summed E-state index contributed by atoms with van der Waals surface area (Å²) in [5, 5.41) is 21.3. The molecule has 0 aliphatic rings. The summed E-state index contributed by atoms with van der Waals surface area (Å²) in [5.74, 6) is -5.65. The molecule has 0 fully saturated rings. The molecule has 25 heavy (non-hydrogen) atoms. The van der Waals surface area contributed by atoms with Gasteiger partial charge in [-0.1, -0.05) is 13.8 Å². The predicted octanol–water partition coefficient (Wildman–Crippen LogP) is 0.0953. The van der Waals surface area contributed by atoms with Gasteiger partial charge in [-0.2, -0.15) is 0 Å². The molecular weight excluding hydrogens is 334 g/mol. The Morgan fingerprint density at radius 1 is 1.04 bits per heavy atom. The van der Waals surface area contributed by atoms with Gasteiger partial charge >= 0.3 is 17.9 Å². The molecule has 0 radical (unpaired) electrons. The number of hydrogen-bond donors (Lipinski definition) is 3. The van der Waals surface area contributed by atoms with E-state index in [-0.39, 0.29) is 25.6 Å². The minimum atomic E-state index is -1.72. The number of nitrogens with one attached hydrogen (secondary N) is 1. The van der Waals surface area contributed by atoms with Gasteiger partial charge in [0.25, 0.3) is 0 Å². The van der Waals surface area contributed by atoms with E-state index in [0.29, 0.717) is 0 Å². The van der Waals surface area contributed by atoms with Crippen LogP contribution in [-0.4, -0.2) is 59.4 Å². The first-order valence-electron chi connectivity index (χ1n) is 8.17. The summed E-state index contributed by atoms with van der Waals surface area (Å²) >= 11 is 0. The van der Waals surface area contributed by atoms with Crippen LogP contribution in [0.3, 0.4) is 0 Å². The minimum absolute atomic E-state index is 0.00409. The van der Waals surface area contributed by atoms with Gasteiger partial charge in [-0.25, -0.2) is 4.79 Å². The minimum Gasteiger partial charge on any atom is -0.480 e. The van der Waals surface area contributed by atoms with Gasteiger partial charge in [-0.3, -0.25) is 14.4 Å². The van der Waals surface area contributed by atoms with Gasteiger partial charge in [0.15, 0.2) is 0 Å². The molecule has 0 aliphatic heterocycles. The van der Waals surface area contributed by atoms with Crippen LogP contribution in [0.25, 0.3) is 0 Å². The highest BCUT2D eigenvalue weighted by Gasteiger charge is 2.39. The fourth-order valence-corrected chi connectivity index (χ4v) is 2.12.